The van der Waals surface area contributed by atoms with Gasteiger partial charge >= 0.3 is 0 Å². The normalized spacial score (nSPS) is 10.7. The van der Waals surface area contributed by atoms with Gasteiger partial charge in [-0.1, -0.05) is 60.3 Å². The van der Waals surface area contributed by atoms with Crippen molar-refractivity contribution in [1.82, 2.24) is 10.3 Å². The van der Waals surface area contributed by atoms with Gasteiger partial charge < -0.3 is 5.32 Å². The number of hydrogen-bond acceptors (Lipinski definition) is 3. The molecule has 0 fully saturated rings. The highest BCUT2D eigenvalue weighted by Gasteiger charge is 2.06. The summed E-state index contributed by atoms with van der Waals surface area (Å²) < 4.78 is 0. The minimum atomic E-state index is 0.0199. The van der Waals surface area contributed by atoms with E-state index in [1.807, 2.05) is 54.6 Å². The molecule has 0 saturated carbocycles. The summed E-state index contributed by atoms with van der Waals surface area (Å²) in [5, 5.41) is 4.98. The lowest BCUT2D eigenvalue weighted by molar-refractivity contribution is -0.118. The summed E-state index contributed by atoms with van der Waals surface area (Å²) in [4.78, 5) is 16.6. The van der Waals surface area contributed by atoms with E-state index >= 15 is 0 Å². The van der Waals surface area contributed by atoms with Gasteiger partial charge in [-0.2, -0.15) is 0 Å². The number of para-hydroxylation sites is 1. The molecule has 0 radical (unpaired) electrons. The SMILES string of the molecule is Cc1cc(SCC(=O)NCc2ccccc2)nc2ccccc12. The topological polar surface area (TPSA) is 42.0 Å². The van der Waals surface area contributed by atoms with Gasteiger partial charge in [0.05, 0.1) is 16.3 Å². The van der Waals surface area contributed by atoms with Crippen molar-refractivity contribution >= 4 is 28.6 Å². The average Bonchev–Trinajstić information content (AvgIpc) is 2.59. The molecule has 3 rings (SSSR count). The first-order valence-corrected chi connectivity index (χ1v) is 8.51. The predicted molar refractivity (Wildman–Crippen MR) is 95.5 cm³/mol. The van der Waals surface area contributed by atoms with Crippen LogP contribution in [0.4, 0.5) is 0 Å². The number of benzene rings is 2. The molecule has 1 aromatic heterocycles. The third kappa shape index (κ3) is 4.11. The number of aryl methyl sites for hydroxylation is 1. The molecule has 0 aliphatic rings. The molecule has 0 aliphatic heterocycles. The van der Waals surface area contributed by atoms with E-state index in [9.17, 15) is 4.79 Å². The first kappa shape index (κ1) is 15.6. The number of nitrogens with zero attached hydrogens (tertiary/aromatic N) is 1. The van der Waals surface area contributed by atoms with Crippen LogP contribution < -0.4 is 5.32 Å². The van der Waals surface area contributed by atoms with Crippen LogP contribution in [0.5, 0.6) is 0 Å². The fourth-order valence-corrected chi connectivity index (χ4v) is 3.18. The van der Waals surface area contributed by atoms with Gasteiger partial charge in [0.15, 0.2) is 0 Å². The molecule has 23 heavy (non-hydrogen) atoms. The molecule has 1 N–H and O–H groups in total. The molecule has 4 heteroatoms. The first-order valence-electron chi connectivity index (χ1n) is 7.52. The fourth-order valence-electron chi connectivity index (χ4n) is 2.38. The number of rotatable bonds is 5. The molecular formula is C19H18N2OS. The fraction of sp³-hybridized carbons (Fsp3) is 0.158. The van der Waals surface area contributed by atoms with Crippen LogP contribution in [-0.4, -0.2) is 16.6 Å². The molecule has 116 valence electrons. The van der Waals surface area contributed by atoms with E-state index in [4.69, 9.17) is 0 Å². The van der Waals surface area contributed by atoms with Crippen molar-refractivity contribution in [3.05, 3.63) is 71.8 Å². The van der Waals surface area contributed by atoms with Gasteiger partial charge in [0.25, 0.3) is 0 Å². The predicted octanol–water partition coefficient (Wildman–Crippen LogP) is 3.95. The number of aromatic nitrogens is 1. The molecule has 0 unspecified atom stereocenters. The van der Waals surface area contributed by atoms with Crippen molar-refractivity contribution in [3.63, 3.8) is 0 Å². The summed E-state index contributed by atoms with van der Waals surface area (Å²) in [6, 6.07) is 20.0. The molecule has 0 atom stereocenters. The highest BCUT2D eigenvalue weighted by molar-refractivity contribution is 7.99. The number of thioether (sulfide) groups is 1. The maximum atomic E-state index is 12.0. The Morgan fingerprint density at radius 2 is 1.83 bits per heavy atom. The highest BCUT2D eigenvalue weighted by Crippen LogP contribution is 2.23. The van der Waals surface area contributed by atoms with E-state index in [1.54, 1.807) is 0 Å². The second-order valence-corrected chi connectivity index (χ2v) is 6.34. The second kappa shape index (κ2) is 7.29. The third-order valence-corrected chi connectivity index (χ3v) is 4.49. The minimum Gasteiger partial charge on any atom is -0.351 e. The Bertz CT molecular complexity index is 818. The van der Waals surface area contributed by atoms with Crippen molar-refractivity contribution in [3.8, 4) is 0 Å². The average molecular weight is 322 g/mol. The van der Waals surface area contributed by atoms with Crippen LogP contribution in [0, 0.1) is 6.92 Å². The van der Waals surface area contributed by atoms with Crippen molar-refractivity contribution in [2.24, 2.45) is 0 Å². The van der Waals surface area contributed by atoms with Crippen LogP contribution in [0.25, 0.3) is 10.9 Å². The Hall–Kier alpha value is -2.33. The number of nitrogens with one attached hydrogen (secondary N) is 1. The van der Waals surface area contributed by atoms with E-state index in [0.717, 1.165) is 21.5 Å². The summed E-state index contributed by atoms with van der Waals surface area (Å²) in [6.45, 7) is 2.63. The lowest BCUT2D eigenvalue weighted by Crippen LogP contribution is -2.24. The van der Waals surface area contributed by atoms with Gasteiger partial charge in [0.1, 0.15) is 0 Å². The zero-order valence-electron chi connectivity index (χ0n) is 13.0. The van der Waals surface area contributed by atoms with Gasteiger partial charge in [-0.25, -0.2) is 4.98 Å². The third-order valence-electron chi connectivity index (χ3n) is 3.58. The van der Waals surface area contributed by atoms with Crippen LogP contribution in [0.1, 0.15) is 11.1 Å². The quantitative estimate of drug-likeness (QED) is 0.723. The molecule has 3 nitrogen and oxygen atoms in total. The van der Waals surface area contributed by atoms with Gasteiger partial charge in [-0.3, -0.25) is 4.79 Å². The van der Waals surface area contributed by atoms with Crippen molar-refractivity contribution < 1.29 is 4.79 Å². The summed E-state index contributed by atoms with van der Waals surface area (Å²) in [7, 11) is 0. The molecule has 0 bridgehead atoms. The Labute approximate surface area is 140 Å². The van der Waals surface area contributed by atoms with E-state index in [1.165, 1.54) is 17.3 Å². The number of carbonyl (C=O) groups excluding carboxylic acids is 1. The Kier molecular flexibility index (Phi) is 4.93. The largest absolute Gasteiger partial charge is 0.351 e. The summed E-state index contributed by atoms with van der Waals surface area (Å²) >= 11 is 1.47. The summed E-state index contributed by atoms with van der Waals surface area (Å²) in [5.41, 5.74) is 3.26. The molecule has 1 heterocycles. The summed E-state index contributed by atoms with van der Waals surface area (Å²) in [6.07, 6.45) is 0. The maximum absolute atomic E-state index is 12.0. The van der Waals surface area contributed by atoms with Crippen LogP contribution in [0.2, 0.25) is 0 Å². The van der Waals surface area contributed by atoms with Crippen LogP contribution in [0.15, 0.2) is 65.7 Å². The van der Waals surface area contributed by atoms with E-state index in [-0.39, 0.29) is 5.91 Å². The van der Waals surface area contributed by atoms with Crippen molar-refractivity contribution in [2.45, 2.75) is 18.5 Å². The number of hydrogen-bond donors (Lipinski definition) is 1. The minimum absolute atomic E-state index is 0.0199. The Balaban J connectivity index is 1.58. The standard InChI is InChI=1S/C19H18N2OS/c1-14-11-19(21-17-10-6-5-9-16(14)17)23-13-18(22)20-12-15-7-3-2-4-8-15/h2-11H,12-13H2,1H3,(H,20,22). The zero-order valence-corrected chi connectivity index (χ0v) is 13.8. The highest BCUT2D eigenvalue weighted by atomic mass is 32.2. The van der Waals surface area contributed by atoms with Gasteiger partial charge in [0.2, 0.25) is 5.91 Å². The lowest BCUT2D eigenvalue weighted by Gasteiger charge is -2.07. The lowest BCUT2D eigenvalue weighted by atomic mass is 10.1. The van der Waals surface area contributed by atoms with E-state index in [0.29, 0.717) is 12.3 Å². The zero-order chi connectivity index (χ0) is 16.1. The second-order valence-electron chi connectivity index (χ2n) is 5.35. The monoisotopic (exact) mass is 322 g/mol. The Morgan fingerprint density at radius 1 is 1.09 bits per heavy atom. The number of fused-ring (bicyclic) bond motifs is 1. The molecular weight excluding hydrogens is 304 g/mol. The Morgan fingerprint density at radius 3 is 2.65 bits per heavy atom. The number of pyridine rings is 1. The molecule has 0 saturated heterocycles. The van der Waals surface area contributed by atoms with Crippen LogP contribution >= 0.6 is 11.8 Å². The summed E-state index contributed by atoms with van der Waals surface area (Å²) in [5.74, 6) is 0.393. The number of carbonyl (C=O) groups is 1. The first-order chi connectivity index (χ1) is 11.2. The van der Waals surface area contributed by atoms with Crippen LogP contribution in [0.3, 0.4) is 0 Å². The molecule has 0 spiro atoms. The molecule has 0 aliphatic carbocycles. The molecule has 3 aromatic rings. The molecule has 1 amide bonds. The van der Waals surface area contributed by atoms with Gasteiger partial charge in [-0.05, 0) is 30.2 Å². The smallest absolute Gasteiger partial charge is 0.230 e. The van der Waals surface area contributed by atoms with Crippen molar-refractivity contribution in [1.29, 1.82) is 0 Å². The number of amides is 1. The van der Waals surface area contributed by atoms with E-state index < -0.39 is 0 Å². The van der Waals surface area contributed by atoms with Gasteiger partial charge in [-0.15, -0.1) is 0 Å². The van der Waals surface area contributed by atoms with Crippen molar-refractivity contribution in [2.75, 3.05) is 5.75 Å². The maximum Gasteiger partial charge on any atom is 0.230 e. The van der Waals surface area contributed by atoms with Gasteiger partial charge in [0, 0.05) is 11.9 Å². The molecule has 2 aromatic carbocycles. The van der Waals surface area contributed by atoms with Crippen LogP contribution in [-0.2, 0) is 11.3 Å². The van der Waals surface area contributed by atoms with E-state index in [2.05, 4.69) is 23.3 Å².